The van der Waals surface area contributed by atoms with Gasteiger partial charge in [0.2, 0.25) is 0 Å². The number of carbonyl (C=O) groups is 1. The number of rotatable bonds is 11. The van der Waals surface area contributed by atoms with Gasteiger partial charge < -0.3 is 14.9 Å². The fraction of sp³-hybridized carbons (Fsp3) is 0.571. The molecule has 0 aliphatic rings. The van der Waals surface area contributed by atoms with E-state index in [2.05, 4.69) is 26.8 Å². The minimum Gasteiger partial charge on any atom is -0.504 e. The molecule has 1 aromatic carbocycles. The van der Waals surface area contributed by atoms with Gasteiger partial charge in [-0.3, -0.25) is 4.79 Å². The summed E-state index contributed by atoms with van der Waals surface area (Å²) in [6.07, 6.45) is 5.61. The second-order valence-corrected chi connectivity index (χ2v) is 7.03. The molecule has 0 aliphatic carbocycles. The van der Waals surface area contributed by atoms with Gasteiger partial charge in [0.05, 0.1) is 7.11 Å². The zero-order chi connectivity index (χ0) is 18.8. The van der Waals surface area contributed by atoms with Gasteiger partial charge in [-0.15, -0.1) is 0 Å². The van der Waals surface area contributed by atoms with Crippen LogP contribution in [0.15, 0.2) is 29.8 Å². The number of ether oxygens (including phenoxy) is 1. The number of phenolic OH excluding ortho intramolecular Hbond substituents is 1. The molecule has 0 spiro atoms. The molecule has 140 valence electrons. The number of aromatic hydroxyl groups is 1. The number of allylic oxidation sites excluding steroid dienone is 2. The molecule has 4 nitrogen and oxygen atoms in total. The molecule has 0 aromatic heterocycles. The molecule has 0 saturated heterocycles. The Morgan fingerprint density at radius 3 is 2.60 bits per heavy atom. The van der Waals surface area contributed by atoms with Crippen LogP contribution in [0.25, 0.3) is 0 Å². The zero-order valence-electron chi connectivity index (χ0n) is 15.9. The Hall–Kier alpha value is -1.81. The summed E-state index contributed by atoms with van der Waals surface area (Å²) in [6.45, 7) is 6.34. The quantitative estimate of drug-likeness (QED) is 0.581. The summed E-state index contributed by atoms with van der Waals surface area (Å²) in [5.41, 5.74) is 2.25. The molecule has 0 bridgehead atoms. The first-order chi connectivity index (χ1) is 11.8. The van der Waals surface area contributed by atoms with Crippen molar-refractivity contribution in [1.82, 2.24) is 0 Å². The van der Waals surface area contributed by atoms with Crippen molar-refractivity contribution < 1.29 is 19.7 Å². The first-order valence-corrected chi connectivity index (χ1v) is 9.03. The van der Waals surface area contributed by atoms with Gasteiger partial charge >= 0.3 is 0 Å². The van der Waals surface area contributed by atoms with E-state index in [4.69, 9.17) is 4.74 Å². The number of hydrogen-bond donors (Lipinski definition) is 2. The Morgan fingerprint density at radius 1 is 1.24 bits per heavy atom. The summed E-state index contributed by atoms with van der Waals surface area (Å²) in [5.74, 6) is 0.890. The van der Waals surface area contributed by atoms with Crippen LogP contribution in [0.1, 0.15) is 58.4 Å². The van der Waals surface area contributed by atoms with Crippen molar-refractivity contribution in [3.63, 3.8) is 0 Å². The van der Waals surface area contributed by atoms with Crippen molar-refractivity contribution in [2.24, 2.45) is 5.92 Å². The number of aliphatic hydroxyl groups excluding tert-OH is 1. The standard InChI is InChI=1S/C21H32O4/c1-15(2)6-5-7-16(3)8-11-18(22)19(23)12-9-17-10-13-20(24)21(14-17)25-4/h6,10,13-14,16,19,23-24H,5,7-9,11-12H2,1-4H3/t16-,19?/m0/s1. The number of aryl methyl sites for hydroxylation is 1. The molecular weight excluding hydrogens is 316 g/mol. The number of ketones is 1. The fourth-order valence-corrected chi connectivity index (χ4v) is 2.70. The van der Waals surface area contributed by atoms with Gasteiger partial charge in [-0.1, -0.05) is 24.6 Å². The van der Waals surface area contributed by atoms with Crippen LogP contribution in [-0.2, 0) is 11.2 Å². The summed E-state index contributed by atoms with van der Waals surface area (Å²) in [4.78, 5) is 12.1. The van der Waals surface area contributed by atoms with E-state index in [1.807, 2.05) is 0 Å². The Bertz CT molecular complexity index is 573. The van der Waals surface area contributed by atoms with Crippen molar-refractivity contribution in [2.45, 2.75) is 65.4 Å². The number of carbonyl (C=O) groups excluding carboxylic acids is 1. The van der Waals surface area contributed by atoms with Gasteiger partial charge in [0.25, 0.3) is 0 Å². The van der Waals surface area contributed by atoms with Gasteiger partial charge in [-0.25, -0.2) is 0 Å². The summed E-state index contributed by atoms with van der Waals surface area (Å²) >= 11 is 0. The molecular formula is C21H32O4. The van der Waals surface area contributed by atoms with Crippen molar-refractivity contribution in [2.75, 3.05) is 7.11 Å². The van der Waals surface area contributed by atoms with Gasteiger partial charge in [-0.05, 0) is 69.6 Å². The Kier molecular flexibility index (Phi) is 9.28. The minimum absolute atomic E-state index is 0.0835. The van der Waals surface area contributed by atoms with Crippen LogP contribution in [0, 0.1) is 5.92 Å². The van der Waals surface area contributed by atoms with Gasteiger partial charge in [0.1, 0.15) is 6.10 Å². The second kappa shape index (κ2) is 10.9. The highest BCUT2D eigenvalue weighted by Crippen LogP contribution is 2.27. The van der Waals surface area contributed by atoms with Crippen LogP contribution in [0.4, 0.5) is 0 Å². The van der Waals surface area contributed by atoms with Crippen LogP contribution >= 0.6 is 0 Å². The molecule has 0 heterocycles. The number of aliphatic hydroxyl groups is 1. The summed E-state index contributed by atoms with van der Waals surface area (Å²) in [5, 5.41) is 19.7. The number of phenols is 1. The van der Waals surface area contributed by atoms with Crippen molar-refractivity contribution >= 4 is 5.78 Å². The molecule has 0 amide bonds. The molecule has 0 radical (unpaired) electrons. The highest BCUT2D eigenvalue weighted by Gasteiger charge is 2.16. The van der Waals surface area contributed by atoms with Crippen molar-refractivity contribution in [3.8, 4) is 11.5 Å². The lowest BCUT2D eigenvalue weighted by Gasteiger charge is -2.13. The molecule has 1 aromatic rings. The molecule has 2 N–H and O–H groups in total. The van der Waals surface area contributed by atoms with Crippen LogP contribution in [-0.4, -0.2) is 29.2 Å². The first kappa shape index (κ1) is 21.2. The van der Waals surface area contributed by atoms with E-state index in [1.54, 1.807) is 18.2 Å². The second-order valence-electron chi connectivity index (χ2n) is 7.03. The molecule has 1 unspecified atom stereocenters. The highest BCUT2D eigenvalue weighted by atomic mass is 16.5. The Morgan fingerprint density at radius 2 is 1.96 bits per heavy atom. The predicted molar refractivity (Wildman–Crippen MR) is 101 cm³/mol. The number of benzene rings is 1. The summed E-state index contributed by atoms with van der Waals surface area (Å²) in [6, 6.07) is 5.08. The zero-order valence-corrected chi connectivity index (χ0v) is 15.9. The van der Waals surface area contributed by atoms with Gasteiger partial charge in [0.15, 0.2) is 17.3 Å². The van der Waals surface area contributed by atoms with E-state index in [-0.39, 0.29) is 11.5 Å². The van der Waals surface area contributed by atoms with E-state index in [1.165, 1.54) is 12.7 Å². The third-order valence-electron chi connectivity index (χ3n) is 4.42. The third kappa shape index (κ3) is 8.21. The molecule has 1 rings (SSSR count). The Labute approximate surface area is 151 Å². The lowest BCUT2D eigenvalue weighted by Crippen LogP contribution is -2.21. The van der Waals surface area contributed by atoms with Gasteiger partial charge in [0, 0.05) is 6.42 Å². The van der Waals surface area contributed by atoms with E-state index < -0.39 is 6.10 Å². The van der Waals surface area contributed by atoms with Crippen LogP contribution in [0.5, 0.6) is 11.5 Å². The average Bonchev–Trinajstić information content (AvgIpc) is 2.58. The summed E-state index contributed by atoms with van der Waals surface area (Å²) in [7, 11) is 1.50. The smallest absolute Gasteiger partial charge is 0.161 e. The monoisotopic (exact) mass is 348 g/mol. The molecule has 0 fully saturated rings. The van der Waals surface area contributed by atoms with E-state index in [9.17, 15) is 15.0 Å². The molecule has 0 saturated carbocycles. The van der Waals surface area contributed by atoms with Crippen molar-refractivity contribution in [1.29, 1.82) is 0 Å². The SMILES string of the molecule is COc1cc(CCC(O)C(=O)CC[C@@H](C)CCC=C(C)C)ccc1O. The van der Waals surface area contributed by atoms with Crippen LogP contribution in [0.2, 0.25) is 0 Å². The van der Waals surface area contributed by atoms with E-state index in [0.717, 1.165) is 24.8 Å². The maximum Gasteiger partial charge on any atom is 0.161 e. The average molecular weight is 348 g/mol. The predicted octanol–water partition coefficient (Wildman–Crippen LogP) is 4.43. The summed E-state index contributed by atoms with van der Waals surface area (Å²) < 4.78 is 5.07. The maximum absolute atomic E-state index is 12.1. The number of hydrogen-bond acceptors (Lipinski definition) is 4. The molecule has 25 heavy (non-hydrogen) atoms. The lowest BCUT2D eigenvalue weighted by molar-refractivity contribution is -0.127. The van der Waals surface area contributed by atoms with E-state index in [0.29, 0.717) is 30.9 Å². The Balaban J connectivity index is 2.35. The van der Waals surface area contributed by atoms with Crippen LogP contribution < -0.4 is 4.74 Å². The highest BCUT2D eigenvalue weighted by molar-refractivity contribution is 5.82. The van der Waals surface area contributed by atoms with Crippen molar-refractivity contribution in [3.05, 3.63) is 35.4 Å². The molecule has 2 atom stereocenters. The molecule has 4 heteroatoms. The maximum atomic E-state index is 12.1. The number of methoxy groups -OCH3 is 1. The minimum atomic E-state index is -0.926. The first-order valence-electron chi connectivity index (χ1n) is 9.03. The third-order valence-corrected chi connectivity index (χ3v) is 4.42. The fourth-order valence-electron chi connectivity index (χ4n) is 2.70. The molecule has 0 aliphatic heterocycles. The van der Waals surface area contributed by atoms with E-state index >= 15 is 0 Å². The normalized spacial score (nSPS) is 13.2. The van der Waals surface area contributed by atoms with Gasteiger partial charge in [-0.2, -0.15) is 0 Å². The van der Waals surface area contributed by atoms with Crippen LogP contribution in [0.3, 0.4) is 0 Å². The lowest BCUT2D eigenvalue weighted by atomic mass is 9.95. The largest absolute Gasteiger partial charge is 0.504 e. The number of Topliss-reactive ketones (excluding diaryl/α,β-unsaturated/α-hetero) is 1. The topological polar surface area (TPSA) is 66.8 Å².